The summed E-state index contributed by atoms with van der Waals surface area (Å²) in [7, 11) is 1.99. The van der Waals surface area contributed by atoms with Crippen LogP contribution in [0.1, 0.15) is 25.8 Å². The molecule has 0 radical (unpaired) electrons. The van der Waals surface area contributed by atoms with Gasteiger partial charge < -0.3 is 5.32 Å². The molecule has 15 heavy (non-hydrogen) atoms. The van der Waals surface area contributed by atoms with Gasteiger partial charge in [-0.15, -0.1) is 11.8 Å². The first-order chi connectivity index (χ1) is 7.17. The molecule has 1 atom stereocenters. The molecule has 1 N–H and O–H groups in total. The molecular weight excluding hydrogens is 270 g/mol. The molecule has 0 spiro atoms. The zero-order valence-corrected chi connectivity index (χ0v) is 11.9. The Labute approximate surface area is 105 Å². The molecule has 3 heteroatoms. The van der Waals surface area contributed by atoms with Crippen molar-refractivity contribution in [2.45, 2.75) is 37.0 Å². The van der Waals surface area contributed by atoms with Crippen molar-refractivity contribution in [2.24, 2.45) is 0 Å². The molecule has 1 aromatic rings. The van der Waals surface area contributed by atoms with Crippen molar-refractivity contribution >= 4 is 27.7 Å². The molecule has 0 saturated heterocycles. The highest BCUT2D eigenvalue weighted by atomic mass is 79.9. The molecule has 1 aromatic carbocycles. The largest absolute Gasteiger partial charge is 0.316 e. The molecule has 0 heterocycles. The summed E-state index contributed by atoms with van der Waals surface area (Å²) >= 11 is 5.48. The van der Waals surface area contributed by atoms with Crippen molar-refractivity contribution in [1.82, 2.24) is 5.32 Å². The molecular formula is C12H18BrNS. The van der Waals surface area contributed by atoms with Crippen molar-refractivity contribution in [3.8, 4) is 0 Å². The fraction of sp³-hybridized carbons (Fsp3) is 0.500. The van der Waals surface area contributed by atoms with E-state index in [-0.39, 0.29) is 0 Å². The van der Waals surface area contributed by atoms with Crippen LogP contribution in [0.5, 0.6) is 0 Å². The minimum atomic E-state index is 0.676. The van der Waals surface area contributed by atoms with Crippen LogP contribution in [0.3, 0.4) is 0 Å². The van der Waals surface area contributed by atoms with Gasteiger partial charge in [-0.05, 0) is 31.2 Å². The van der Waals surface area contributed by atoms with Crippen LogP contribution in [0, 0.1) is 0 Å². The minimum Gasteiger partial charge on any atom is -0.316 e. The first-order valence-corrected chi connectivity index (χ1v) is 6.94. The van der Waals surface area contributed by atoms with Crippen molar-refractivity contribution in [3.05, 3.63) is 28.2 Å². The predicted octanol–water partition coefficient (Wildman–Crippen LogP) is 4.06. The summed E-state index contributed by atoms with van der Waals surface area (Å²) in [6.07, 6.45) is 1.20. The second-order valence-corrected chi connectivity index (χ2v) is 6.02. The SMILES string of the molecule is CCC(C)Sc1cc(Br)ccc1CNC. The van der Waals surface area contributed by atoms with E-state index < -0.39 is 0 Å². The van der Waals surface area contributed by atoms with Crippen LogP contribution in [0.25, 0.3) is 0 Å². The van der Waals surface area contributed by atoms with Gasteiger partial charge in [-0.1, -0.05) is 35.8 Å². The zero-order chi connectivity index (χ0) is 11.3. The van der Waals surface area contributed by atoms with Crippen LogP contribution in [0.2, 0.25) is 0 Å². The second-order valence-electron chi connectivity index (χ2n) is 3.62. The standard InChI is InChI=1S/C12H18BrNS/c1-4-9(2)15-12-7-11(13)6-5-10(12)8-14-3/h5-7,9,14H,4,8H2,1-3H3. The smallest absolute Gasteiger partial charge is 0.0213 e. The Bertz CT molecular complexity index is 314. The van der Waals surface area contributed by atoms with Gasteiger partial charge in [0.05, 0.1) is 0 Å². The van der Waals surface area contributed by atoms with Gasteiger partial charge in [0, 0.05) is 21.2 Å². The monoisotopic (exact) mass is 287 g/mol. The number of halogens is 1. The third-order valence-corrected chi connectivity index (χ3v) is 4.16. The third-order valence-electron chi connectivity index (χ3n) is 2.30. The summed E-state index contributed by atoms with van der Waals surface area (Å²) in [4.78, 5) is 1.38. The molecule has 1 unspecified atom stereocenters. The lowest BCUT2D eigenvalue weighted by Gasteiger charge is -2.13. The summed E-state index contributed by atoms with van der Waals surface area (Å²) in [5.74, 6) is 0. The Hall–Kier alpha value is 0.01000. The predicted molar refractivity (Wildman–Crippen MR) is 72.5 cm³/mol. The topological polar surface area (TPSA) is 12.0 Å². The first-order valence-electron chi connectivity index (χ1n) is 5.27. The maximum absolute atomic E-state index is 3.53. The van der Waals surface area contributed by atoms with Crippen LogP contribution in [0.15, 0.2) is 27.6 Å². The second kappa shape index (κ2) is 6.56. The average Bonchev–Trinajstić information content (AvgIpc) is 2.22. The Morgan fingerprint density at radius 1 is 1.47 bits per heavy atom. The highest BCUT2D eigenvalue weighted by molar-refractivity contribution is 9.10. The van der Waals surface area contributed by atoms with Crippen LogP contribution in [-0.2, 0) is 6.54 Å². The molecule has 1 rings (SSSR count). The van der Waals surface area contributed by atoms with Gasteiger partial charge in [-0.3, -0.25) is 0 Å². The molecule has 84 valence electrons. The molecule has 0 bridgehead atoms. The van der Waals surface area contributed by atoms with E-state index in [9.17, 15) is 0 Å². The lowest BCUT2D eigenvalue weighted by molar-refractivity contribution is 0.801. The van der Waals surface area contributed by atoms with E-state index >= 15 is 0 Å². The molecule has 1 nitrogen and oxygen atoms in total. The quantitative estimate of drug-likeness (QED) is 0.820. The van der Waals surface area contributed by atoms with Crippen LogP contribution >= 0.6 is 27.7 Å². The number of hydrogen-bond acceptors (Lipinski definition) is 2. The summed E-state index contributed by atoms with van der Waals surface area (Å²) in [5.41, 5.74) is 1.38. The first kappa shape index (κ1) is 13.1. The van der Waals surface area contributed by atoms with Crippen LogP contribution < -0.4 is 5.32 Å². The molecule has 0 aliphatic carbocycles. The van der Waals surface area contributed by atoms with Gasteiger partial charge in [0.2, 0.25) is 0 Å². The zero-order valence-electron chi connectivity index (χ0n) is 9.51. The summed E-state index contributed by atoms with van der Waals surface area (Å²) in [6, 6.07) is 6.50. The average molecular weight is 288 g/mol. The summed E-state index contributed by atoms with van der Waals surface area (Å²) in [5, 5.41) is 3.88. The van der Waals surface area contributed by atoms with E-state index in [4.69, 9.17) is 0 Å². The van der Waals surface area contributed by atoms with E-state index in [2.05, 4.69) is 53.3 Å². The molecule has 0 aliphatic heterocycles. The lowest BCUT2D eigenvalue weighted by Crippen LogP contribution is -2.06. The van der Waals surface area contributed by atoms with Gasteiger partial charge in [0.25, 0.3) is 0 Å². The van der Waals surface area contributed by atoms with Crippen molar-refractivity contribution in [1.29, 1.82) is 0 Å². The fourth-order valence-corrected chi connectivity index (χ4v) is 2.87. The highest BCUT2D eigenvalue weighted by Gasteiger charge is 2.07. The number of benzene rings is 1. The van der Waals surface area contributed by atoms with Gasteiger partial charge in [0.15, 0.2) is 0 Å². The third kappa shape index (κ3) is 4.17. The van der Waals surface area contributed by atoms with E-state index in [1.54, 1.807) is 0 Å². The fourth-order valence-electron chi connectivity index (χ4n) is 1.27. The van der Waals surface area contributed by atoms with Gasteiger partial charge in [-0.25, -0.2) is 0 Å². The summed E-state index contributed by atoms with van der Waals surface area (Å²) in [6.45, 7) is 5.44. The van der Waals surface area contributed by atoms with E-state index in [0.717, 1.165) is 11.0 Å². The highest BCUT2D eigenvalue weighted by Crippen LogP contribution is 2.30. The number of hydrogen-bond donors (Lipinski definition) is 1. The van der Waals surface area contributed by atoms with Crippen LogP contribution in [-0.4, -0.2) is 12.3 Å². The Kier molecular flexibility index (Phi) is 5.72. The Morgan fingerprint density at radius 2 is 2.20 bits per heavy atom. The van der Waals surface area contributed by atoms with Crippen molar-refractivity contribution in [3.63, 3.8) is 0 Å². The van der Waals surface area contributed by atoms with Crippen molar-refractivity contribution in [2.75, 3.05) is 7.05 Å². The number of rotatable bonds is 5. The van der Waals surface area contributed by atoms with Crippen LogP contribution in [0.4, 0.5) is 0 Å². The Balaban J connectivity index is 2.86. The minimum absolute atomic E-state index is 0.676. The van der Waals surface area contributed by atoms with E-state index in [0.29, 0.717) is 5.25 Å². The molecule has 0 amide bonds. The van der Waals surface area contributed by atoms with E-state index in [1.165, 1.54) is 16.9 Å². The molecule has 0 fully saturated rings. The Morgan fingerprint density at radius 3 is 2.80 bits per heavy atom. The van der Waals surface area contributed by atoms with Crippen molar-refractivity contribution < 1.29 is 0 Å². The van der Waals surface area contributed by atoms with Gasteiger partial charge in [-0.2, -0.15) is 0 Å². The maximum Gasteiger partial charge on any atom is 0.0213 e. The van der Waals surface area contributed by atoms with Gasteiger partial charge >= 0.3 is 0 Å². The van der Waals surface area contributed by atoms with Gasteiger partial charge in [0.1, 0.15) is 0 Å². The lowest BCUT2D eigenvalue weighted by atomic mass is 10.2. The summed E-state index contributed by atoms with van der Waals surface area (Å²) < 4.78 is 1.16. The molecule has 0 aromatic heterocycles. The number of thioether (sulfide) groups is 1. The molecule has 0 saturated carbocycles. The van der Waals surface area contributed by atoms with E-state index in [1.807, 2.05) is 18.8 Å². The maximum atomic E-state index is 3.53. The normalized spacial score (nSPS) is 12.8. The number of nitrogens with one attached hydrogen (secondary N) is 1. The molecule has 0 aliphatic rings.